The first-order valence-corrected chi connectivity index (χ1v) is 8.39. The van der Waals surface area contributed by atoms with Crippen LogP contribution in [0.4, 0.5) is 14.5 Å². The number of anilines is 1. The Kier molecular flexibility index (Phi) is 5.87. The highest BCUT2D eigenvalue weighted by Crippen LogP contribution is 2.22. The van der Waals surface area contributed by atoms with Crippen LogP contribution in [0, 0.1) is 18.6 Å². The molecule has 0 aliphatic heterocycles. The summed E-state index contributed by atoms with van der Waals surface area (Å²) < 4.78 is 41.4. The first-order chi connectivity index (χ1) is 13.8. The summed E-state index contributed by atoms with van der Waals surface area (Å²) in [7, 11) is 0. The third kappa shape index (κ3) is 5.16. The molecule has 0 fully saturated rings. The van der Waals surface area contributed by atoms with Gasteiger partial charge in [0.2, 0.25) is 0 Å². The van der Waals surface area contributed by atoms with Gasteiger partial charge in [0.1, 0.15) is 23.0 Å². The molecular formula is C20H15F2NO6. The lowest BCUT2D eigenvalue weighted by atomic mass is 10.1. The Morgan fingerprint density at radius 1 is 1.07 bits per heavy atom. The van der Waals surface area contributed by atoms with E-state index < -0.39 is 42.4 Å². The highest BCUT2D eigenvalue weighted by Gasteiger charge is 2.12. The van der Waals surface area contributed by atoms with Crippen molar-refractivity contribution in [1.82, 2.24) is 0 Å². The molecule has 1 aromatic heterocycles. The third-order valence-electron chi connectivity index (χ3n) is 3.85. The van der Waals surface area contributed by atoms with Gasteiger partial charge in [0.15, 0.2) is 13.2 Å². The van der Waals surface area contributed by atoms with Crippen molar-refractivity contribution in [2.24, 2.45) is 0 Å². The predicted molar refractivity (Wildman–Crippen MR) is 98.7 cm³/mol. The lowest BCUT2D eigenvalue weighted by Crippen LogP contribution is -2.24. The van der Waals surface area contributed by atoms with Crippen LogP contribution < -0.4 is 15.7 Å². The molecule has 0 atom stereocenters. The molecule has 9 heteroatoms. The van der Waals surface area contributed by atoms with Gasteiger partial charge in [-0.15, -0.1) is 0 Å². The first-order valence-electron chi connectivity index (χ1n) is 8.39. The van der Waals surface area contributed by atoms with Crippen molar-refractivity contribution in [2.75, 3.05) is 18.5 Å². The number of rotatable bonds is 6. The number of benzene rings is 2. The molecule has 0 unspecified atom stereocenters. The van der Waals surface area contributed by atoms with Crippen LogP contribution in [0.25, 0.3) is 11.0 Å². The van der Waals surface area contributed by atoms with Gasteiger partial charge in [-0.1, -0.05) is 0 Å². The average Bonchev–Trinajstić information content (AvgIpc) is 2.66. The monoisotopic (exact) mass is 403 g/mol. The first kappa shape index (κ1) is 20.0. The van der Waals surface area contributed by atoms with Gasteiger partial charge in [0.05, 0.1) is 5.69 Å². The van der Waals surface area contributed by atoms with Crippen molar-refractivity contribution in [2.45, 2.75) is 6.92 Å². The number of fused-ring (bicyclic) bond motifs is 1. The second-order valence-corrected chi connectivity index (χ2v) is 6.03. The van der Waals surface area contributed by atoms with Crippen LogP contribution in [0.3, 0.4) is 0 Å². The van der Waals surface area contributed by atoms with E-state index in [2.05, 4.69) is 5.32 Å². The van der Waals surface area contributed by atoms with E-state index in [1.165, 1.54) is 12.1 Å². The van der Waals surface area contributed by atoms with Gasteiger partial charge in [-0.25, -0.2) is 18.4 Å². The Morgan fingerprint density at radius 3 is 2.62 bits per heavy atom. The summed E-state index contributed by atoms with van der Waals surface area (Å²) in [6.07, 6.45) is 0. The maximum absolute atomic E-state index is 13.5. The van der Waals surface area contributed by atoms with E-state index in [0.717, 1.165) is 23.1 Å². The molecule has 0 bridgehead atoms. The Balaban J connectivity index is 1.51. The SMILES string of the molecule is Cc1cc(=O)oc2cc(OCC(=O)OCC(=O)Nc3ccc(F)cc3F)ccc12. The zero-order chi connectivity index (χ0) is 21.0. The molecule has 1 amide bonds. The van der Waals surface area contributed by atoms with Crippen molar-refractivity contribution in [3.63, 3.8) is 0 Å². The summed E-state index contributed by atoms with van der Waals surface area (Å²) in [5.74, 6) is -3.11. The van der Waals surface area contributed by atoms with E-state index in [9.17, 15) is 23.2 Å². The number of carbonyl (C=O) groups excluding carboxylic acids is 2. The number of hydrogen-bond acceptors (Lipinski definition) is 6. The number of ether oxygens (including phenoxy) is 2. The zero-order valence-corrected chi connectivity index (χ0v) is 15.2. The van der Waals surface area contributed by atoms with Crippen LogP contribution in [-0.2, 0) is 14.3 Å². The maximum Gasteiger partial charge on any atom is 0.344 e. The molecule has 1 N–H and O–H groups in total. The van der Waals surface area contributed by atoms with Crippen LogP contribution in [-0.4, -0.2) is 25.1 Å². The summed E-state index contributed by atoms with van der Waals surface area (Å²) in [5.41, 5.74) is 0.305. The number of amides is 1. The van der Waals surface area contributed by atoms with E-state index in [1.807, 2.05) is 0 Å². The quantitative estimate of drug-likeness (QED) is 0.502. The minimum atomic E-state index is -0.953. The van der Waals surface area contributed by atoms with E-state index in [0.29, 0.717) is 11.6 Å². The van der Waals surface area contributed by atoms with Gasteiger partial charge >= 0.3 is 11.6 Å². The highest BCUT2D eigenvalue weighted by molar-refractivity contribution is 5.93. The number of esters is 1. The van der Waals surface area contributed by atoms with Crippen molar-refractivity contribution < 1.29 is 32.3 Å². The molecule has 1 heterocycles. The number of halogens is 2. The molecule has 0 radical (unpaired) electrons. The second kappa shape index (κ2) is 8.51. The van der Waals surface area contributed by atoms with Gasteiger partial charge in [-0.05, 0) is 36.8 Å². The van der Waals surface area contributed by atoms with Gasteiger partial charge in [-0.3, -0.25) is 4.79 Å². The fraction of sp³-hybridized carbons (Fsp3) is 0.150. The lowest BCUT2D eigenvalue weighted by molar-refractivity contribution is -0.149. The van der Waals surface area contributed by atoms with Crippen molar-refractivity contribution in [3.05, 3.63) is 70.1 Å². The van der Waals surface area contributed by atoms with Gasteiger partial charge < -0.3 is 19.2 Å². The van der Waals surface area contributed by atoms with Crippen molar-refractivity contribution in [3.8, 4) is 5.75 Å². The fourth-order valence-electron chi connectivity index (χ4n) is 2.50. The number of aryl methyl sites for hydroxylation is 1. The van der Waals surface area contributed by atoms with E-state index in [4.69, 9.17) is 13.9 Å². The molecule has 0 aliphatic rings. The van der Waals surface area contributed by atoms with Crippen LogP contribution in [0.5, 0.6) is 5.75 Å². The second-order valence-electron chi connectivity index (χ2n) is 6.03. The summed E-state index contributed by atoms with van der Waals surface area (Å²) in [5, 5.41) is 2.88. The highest BCUT2D eigenvalue weighted by atomic mass is 19.1. The molecule has 150 valence electrons. The summed E-state index contributed by atoms with van der Waals surface area (Å²) in [4.78, 5) is 34.9. The van der Waals surface area contributed by atoms with Gasteiger partial charge in [0, 0.05) is 23.6 Å². The number of carbonyl (C=O) groups is 2. The van der Waals surface area contributed by atoms with Crippen LogP contribution in [0.1, 0.15) is 5.56 Å². The predicted octanol–water partition coefficient (Wildman–Crippen LogP) is 2.94. The molecule has 0 saturated heterocycles. The van der Waals surface area contributed by atoms with Crippen molar-refractivity contribution >= 4 is 28.5 Å². The summed E-state index contributed by atoms with van der Waals surface area (Å²) in [6.45, 7) is 0.588. The normalized spacial score (nSPS) is 10.6. The molecule has 29 heavy (non-hydrogen) atoms. The fourth-order valence-corrected chi connectivity index (χ4v) is 2.50. The minimum Gasteiger partial charge on any atom is -0.482 e. The summed E-state index contributed by atoms with van der Waals surface area (Å²) >= 11 is 0. The smallest absolute Gasteiger partial charge is 0.344 e. The van der Waals surface area contributed by atoms with Gasteiger partial charge in [-0.2, -0.15) is 0 Å². The third-order valence-corrected chi connectivity index (χ3v) is 3.85. The van der Waals surface area contributed by atoms with E-state index in [1.54, 1.807) is 19.1 Å². The molecular weight excluding hydrogens is 388 g/mol. The number of nitrogens with one attached hydrogen (secondary N) is 1. The lowest BCUT2D eigenvalue weighted by Gasteiger charge is -2.09. The van der Waals surface area contributed by atoms with Crippen LogP contribution in [0.2, 0.25) is 0 Å². The molecule has 0 spiro atoms. The topological polar surface area (TPSA) is 94.8 Å². The Hall–Kier alpha value is -3.75. The standard InChI is InChI=1S/C20H15F2NO6/c1-11-6-19(25)29-17-8-13(3-4-14(11)17)27-10-20(26)28-9-18(24)23-16-5-2-12(21)7-15(16)22/h2-8H,9-10H2,1H3,(H,23,24). The largest absolute Gasteiger partial charge is 0.482 e. The van der Waals surface area contributed by atoms with Gasteiger partial charge in [0.25, 0.3) is 5.91 Å². The summed E-state index contributed by atoms with van der Waals surface area (Å²) in [6, 6.07) is 8.73. The minimum absolute atomic E-state index is 0.239. The van der Waals surface area contributed by atoms with Crippen LogP contribution >= 0.6 is 0 Å². The van der Waals surface area contributed by atoms with E-state index >= 15 is 0 Å². The van der Waals surface area contributed by atoms with Crippen LogP contribution in [0.15, 0.2) is 51.7 Å². The average molecular weight is 403 g/mol. The maximum atomic E-state index is 13.5. The number of hydrogen-bond donors (Lipinski definition) is 1. The molecule has 0 saturated carbocycles. The Bertz CT molecular complexity index is 1140. The van der Waals surface area contributed by atoms with E-state index in [-0.39, 0.29) is 11.4 Å². The molecule has 2 aromatic carbocycles. The molecule has 0 aliphatic carbocycles. The molecule has 3 rings (SSSR count). The van der Waals surface area contributed by atoms with Crippen molar-refractivity contribution in [1.29, 1.82) is 0 Å². The molecule has 3 aromatic rings. The Labute approximate surface area is 162 Å². The molecule has 7 nitrogen and oxygen atoms in total. The zero-order valence-electron chi connectivity index (χ0n) is 15.2. The Morgan fingerprint density at radius 2 is 1.86 bits per heavy atom.